The van der Waals surface area contributed by atoms with Crippen molar-refractivity contribution in [3.63, 3.8) is 0 Å². The molecule has 0 atom stereocenters. The second-order valence-corrected chi connectivity index (χ2v) is 3.37. The SMILES string of the molecule is CC(C)N(CCC(N)=S)C(N)=O. The third kappa shape index (κ3) is 4.12. The Balaban J connectivity index is 3.97. The molecule has 0 unspecified atom stereocenters. The molecule has 0 aromatic heterocycles. The molecule has 4 nitrogen and oxygen atoms in total. The molecule has 0 bridgehead atoms. The Bertz CT molecular complexity index is 181. The van der Waals surface area contributed by atoms with Crippen LogP contribution >= 0.6 is 12.2 Å². The standard InChI is InChI=1S/C7H15N3OS/c1-5(2)10(7(9)11)4-3-6(8)12/h5H,3-4H2,1-2H3,(H2,8,12)(H2,9,11). The molecule has 0 radical (unpaired) electrons. The zero-order chi connectivity index (χ0) is 9.72. The lowest BCUT2D eigenvalue weighted by atomic mass is 10.3. The lowest BCUT2D eigenvalue weighted by molar-refractivity contribution is 0.195. The second kappa shape index (κ2) is 4.92. The van der Waals surface area contributed by atoms with Gasteiger partial charge in [-0.15, -0.1) is 0 Å². The Morgan fingerprint density at radius 2 is 2.00 bits per heavy atom. The molecule has 70 valence electrons. The van der Waals surface area contributed by atoms with E-state index in [9.17, 15) is 4.79 Å². The molecule has 0 aromatic rings. The molecule has 0 aliphatic heterocycles. The summed E-state index contributed by atoms with van der Waals surface area (Å²) in [6, 6.07) is -0.335. The van der Waals surface area contributed by atoms with E-state index < -0.39 is 6.03 Å². The largest absolute Gasteiger partial charge is 0.393 e. The van der Waals surface area contributed by atoms with Gasteiger partial charge in [-0.3, -0.25) is 0 Å². The number of carbonyl (C=O) groups excluding carboxylic acids is 1. The minimum absolute atomic E-state index is 0.0943. The average Bonchev–Trinajstić information content (AvgIpc) is 1.84. The van der Waals surface area contributed by atoms with E-state index in [2.05, 4.69) is 12.2 Å². The second-order valence-electron chi connectivity index (χ2n) is 2.84. The van der Waals surface area contributed by atoms with E-state index in [0.29, 0.717) is 18.0 Å². The summed E-state index contributed by atoms with van der Waals surface area (Å²) in [6.07, 6.45) is 0.524. The highest BCUT2D eigenvalue weighted by Gasteiger charge is 2.12. The molecule has 5 heteroatoms. The molecule has 2 amide bonds. The molecule has 4 N–H and O–H groups in total. The number of hydrogen-bond acceptors (Lipinski definition) is 2. The summed E-state index contributed by atoms with van der Waals surface area (Å²) in [5.41, 5.74) is 10.4. The summed E-state index contributed by atoms with van der Waals surface area (Å²) in [5.74, 6) is 0. The number of rotatable bonds is 4. The van der Waals surface area contributed by atoms with Crippen molar-refractivity contribution in [3.05, 3.63) is 0 Å². The van der Waals surface area contributed by atoms with Gasteiger partial charge >= 0.3 is 6.03 Å². The quantitative estimate of drug-likeness (QED) is 0.631. The lowest BCUT2D eigenvalue weighted by Crippen LogP contribution is -2.42. The monoisotopic (exact) mass is 189 g/mol. The average molecular weight is 189 g/mol. The topological polar surface area (TPSA) is 72.3 Å². The van der Waals surface area contributed by atoms with Crippen molar-refractivity contribution in [2.75, 3.05) is 6.54 Å². The van der Waals surface area contributed by atoms with Gasteiger partial charge in [-0.2, -0.15) is 0 Å². The highest BCUT2D eigenvalue weighted by Crippen LogP contribution is 1.98. The molecule has 0 saturated heterocycles. The Hall–Kier alpha value is -0.840. The fraction of sp³-hybridized carbons (Fsp3) is 0.714. The van der Waals surface area contributed by atoms with Crippen molar-refractivity contribution in [2.45, 2.75) is 26.3 Å². The van der Waals surface area contributed by atoms with Gasteiger partial charge in [-0.05, 0) is 13.8 Å². The molecule has 0 aromatic carbocycles. The summed E-state index contributed by atoms with van der Waals surface area (Å²) in [4.78, 5) is 12.7. The van der Waals surface area contributed by atoms with Gasteiger partial charge in [0.05, 0.1) is 4.99 Å². The maximum atomic E-state index is 10.8. The van der Waals surface area contributed by atoms with Crippen LogP contribution in [0.2, 0.25) is 0 Å². The van der Waals surface area contributed by atoms with Crippen LogP contribution in [0.4, 0.5) is 4.79 Å². The number of carbonyl (C=O) groups is 1. The normalized spacial score (nSPS) is 9.92. The van der Waals surface area contributed by atoms with Crippen LogP contribution in [0.5, 0.6) is 0 Å². The van der Waals surface area contributed by atoms with E-state index in [0.717, 1.165) is 0 Å². The molecule has 0 rings (SSSR count). The van der Waals surface area contributed by atoms with E-state index in [1.54, 1.807) is 0 Å². The number of urea groups is 1. The maximum absolute atomic E-state index is 10.8. The van der Waals surface area contributed by atoms with Gasteiger partial charge in [0.15, 0.2) is 0 Å². The maximum Gasteiger partial charge on any atom is 0.315 e. The zero-order valence-electron chi connectivity index (χ0n) is 7.41. The van der Waals surface area contributed by atoms with E-state index in [-0.39, 0.29) is 6.04 Å². The highest BCUT2D eigenvalue weighted by molar-refractivity contribution is 7.80. The van der Waals surface area contributed by atoms with Crippen molar-refractivity contribution in [2.24, 2.45) is 11.5 Å². The molecular formula is C7H15N3OS. The van der Waals surface area contributed by atoms with Gasteiger partial charge in [-0.25, -0.2) is 4.79 Å². The van der Waals surface area contributed by atoms with Gasteiger partial charge in [0, 0.05) is 19.0 Å². The first kappa shape index (κ1) is 11.2. The van der Waals surface area contributed by atoms with Crippen molar-refractivity contribution >= 4 is 23.2 Å². The zero-order valence-corrected chi connectivity index (χ0v) is 8.23. The first-order chi connectivity index (χ1) is 5.45. The summed E-state index contributed by atoms with van der Waals surface area (Å²) < 4.78 is 0. The van der Waals surface area contributed by atoms with Crippen LogP contribution in [0.1, 0.15) is 20.3 Å². The van der Waals surface area contributed by atoms with Crippen LogP contribution in [0, 0.1) is 0 Å². The molecule has 0 aliphatic carbocycles. The number of amides is 2. The molecule has 12 heavy (non-hydrogen) atoms. The number of hydrogen-bond donors (Lipinski definition) is 2. The van der Waals surface area contributed by atoms with Crippen LogP contribution in [-0.2, 0) is 0 Å². The van der Waals surface area contributed by atoms with Gasteiger partial charge in [0.2, 0.25) is 0 Å². The predicted molar refractivity (Wildman–Crippen MR) is 52.8 cm³/mol. The first-order valence-electron chi connectivity index (χ1n) is 3.79. The third-order valence-corrected chi connectivity index (χ3v) is 1.71. The fourth-order valence-electron chi connectivity index (χ4n) is 0.854. The van der Waals surface area contributed by atoms with Gasteiger partial charge in [0.25, 0.3) is 0 Å². The van der Waals surface area contributed by atoms with Crippen LogP contribution in [-0.4, -0.2) is 28.5 Å². The number of thiocarbonyl (C=S) groups is 1. The first-order valence-corrected chi connectivity index (χ1v) is 4.20. The Kier molecular flexibility index (Phi) is 4.58. The lowest BCUT2D eigenvalue weighted by Gasteiger charge is -2.24. The van der Waals surface area contributed by atoms with Crippen LogP contribution < -0.4 is 11.5 Å². The summed E-state index contributed by atoms with van der Waals surface area (Å²) in [5, 5.41) is 0. The predicted octanol–water partition coefficient (Wildman–Crippen LogP) is 0.452. The number of primary amides is 1. The van der Waals surface area contributed by atoms with E-state index in [1.165, 1.54) is 4.90 Å². The van der Waals surface area contributed by atoms with Crippen molar-refractivity contribution in [1.82, 2.24) is 4.90 Å². The smallest absolute Gasteiger partial charge is 0.315 e. The number of nitrogens with two attached hydrogens (primary N) is 2. The van der Waals surface area contributed by atoms with Crippen molar-refractivity contribution < 1.29 is 4.79 Å². The minimum Gasteiger partial charge on any atom is -0.393 e. The molecule has 0 spiro atoms. The van der Waals surface area contributed by atoms with E-state index >= 15 is 0 Å². The van der Waals surface area contributed by atoms with Crippen LogP contribution in [0.15, 0.2) is 0 Å². The van der Waals surface area contributed by atoms with Gasteiger partial charge in [-0.1, -0.05) is 12.2 Å². The molecule has 0 fully saturated rings. The summed E-state index contributed by atoms with van der Waals surface area (Å²) in [6.45, 7) is 4.29. The third-order valence-electron chi connectivity index (χ3n) is 1.51. The number of nitrogens with zero attached hydrogens (tertiary/aromatic N) is 1. The Morgan fingerprint density at radius 1 is 1.50 bits per heavy atom. The molecule has 0 saturated carbocycles. The van der Waals surface area contributed by atoms with Crippen molar-refractivity contribution in [3.8, 4) is 0 Å². The molecule has 0 heterocycles. The Labute approximate surface area is 77.9 Å². The molecular weight excluding hydrogens is 174 g/mol. The minimum atomic E-state index is -0.429. The van der Waals surface area contributed by atoms with E-state index in [4.69, 9.17) is 11.5 Å². The van der Waals surface area contributed by atoms with E-state index in [1.807, 2.05) is 13.8 Å². The van der Waals surface area contributed by atoms with Crippen molar-refractivity contribution in [1.29, 1.82) is 0 Å². The molecule has 0 aliphatic rings. The van der Waals surface area contributed by atoms with Gasteiger partial charge < -0.3 is 16.4 Å². The van der Waals surface area contributed by atoms with Crippen LogP contribution in [0.25, 0.3) is 0 Å². The van der Waals surface area contributed by atoms with Crippen LogP contribution in [0.3, 0.4) is 0 Å². The fourth-order valence-corrected chi connectivity index (χ4v) is 0.945. The summed E-state index contributed by atoms with van der Waals surface area (Å²) in [7, 11) is 0. The summed E-state index contributed by atoms with van der Waals surface area (Å²) >= 11 is 4.69. The van der Waals surface area contributed by atoms with Gasteiger partial charge in [0.1, 0.15) is 0 Å². The highest BCUT2D eigenvalue weighted by atomic mass is 32.1. The Morgan fingerprint density at radius 3 is 2.25 bits per heavy atom.